The van der Waals surface area contributed by atoms with Crippen LogP contribution in [0.5, 0.6) is 0 Å². The van der Waals surface area contributed by atoms with Crippen LogP contribution in [0.2, 0.25) is 0 Å². The van der Waals surface area contributed by atoms with E-state index in [0.717, 1.165) is 32.8 Å². The summed E-state index contributed by atoms with van der Waals surface area (Å²) < 4.78 is 7.58. The van der Waals surface area contributed by atoms with Gasteiger partial charge in [-0.25, -0.2) is 0 Å². The van der Waals surface area contributed by atoms with E-state index in [0.29, 0.717) is 5.92 Å². The fourth-order valence-corrected chi connectivity index (χ4v) is 4.16. The number of fused-ring (bicyclic) bond motifs is 1. The van der Waals surface area contributed by atoms with Crippen LogP contribution in [0.25, 0.3) is 0 Å². The number of hydrogen-bond donors (Lipinski definition) is 0. The average molecular weight is 305 g/mol. The first kappa shape index (κ1) is 14.8. The van der Waals surface area contributed by atoms with Crippen LogP contribution in [0.3, 0.4) is 0 Å². The van der Waals surface area contributed by atoms with Crippen molar-refractivity contribution in [1.29, 1.82) is 0 Å². The van der Waals surface area contributed by atoms with E-state index in [4.69, 9.17) is 4.74 Å². The van der Waals surface area contributed by atoms with Gasteiger partial charge in [-0.1, -0.05) is 0 Å². The van der Waals surface area contributed by atoms with E-state index < -0.39 is 0 Å². The van der Waals surface area contributed by atoms with E-state index in [1.54, 1.807) is 7.11 Å². The molecule has 1 atom stereocenters. The van der Waals surface area contributed by atoms with E-state index in [9.17, 15) is 0 Å². The number of aryl methyl sites for hydroxylation is 2. The zero-order valence-electron chi connectivity index (χ0n) is 13.0. The van der Waals surface area contributed by atoms with Gasteiger partial charge in [-0.2, -0.15) is 5.10 Å². The van der Waals surface area contributed by atoms with Crippen LogP contribution in [0.1, 0.15) is 33.9 Å². The molecule has 1 aliphatic rings. The molecular weight excluding hydrogens is 282 g/mol. The molecule has 0 amide bonds. The molecule has 0 aliphatic carbocycles. The lowest BCUT2D eigenvalue weighted by Gasteiger charge is -2.32. The van der Waals surface area contributed by atoms with Crippen molar-refractivity contribution < 1.29 is 4.74 Å². The third-order valence-electron chi connectivity index (χ3n) is 4.06. The molecule has 21 heavy (non-hydrogen) atoms. The quantitative estimate of drug-likeness (QED) is 0.850. The van der Waals surface area contributed by atoms with Gasteiger partial charge in [0.15, 0.2) is 0 Å². The molecule has 0 aromatic carbocycles. The van der Waals surface area contributed by atoms with Crippen LogP contribution in [-0.2, 0) is 24.4 Å². The molecular formula is C16H23N3OS. The number of methoxy groups -OCH3 is 1. The zero-order chi connectivity index (χ0) is 14.8. The second kappa shape index (κ2) is 6.30. The minimum atomic E-state index is 0.419. The maximum Gasteiger partial charge on any atom is 0.0558 e. The highest BCUT2D eigenvalue weighted by molar-refractivity contribution is 7.11. The number of hydrogen-bond acceptors (Lipinski definition) is 4. The maximum atomic E-state index is 5.44. The van der Waals surface area contributed by atoms with Gasteiger partial charge in [-0.3, -0.25) is 9.58 Å². The summed E-state index contributed by atoms with van der Waals surface area (Å²) in [7, 11) is 1.79. The van der Waals surface area contributed by atoms with Crippen LogP contribution in [0.15, 0.2) is 18.3 Å². The van der Waals surface area contributed by atoms with Crippen LogP contribution >= 0.6 is 11.3 Å². The second-order valence-electron chi connectivity index (χ2n) is 5.71. The summed E-state index contributed by atoms with van der Waals surface area (Å²) in [5.74, 6) is 0.419. The number of ether oxygens (including phenoxy) is 1. The Morgan fingerprint density at radius 3 is 2.95 bits per heavy atom. The van der Waals surface area contributed by atoms with Gasteiger partial charge in [0, 0.05) is 60.2 Å². The van der Waals surface area contributed by atoms with Gasteiger partial charge in [0.1, 0.15) is 0 Å². The lowest BCUT2D eigenvalue weighted by molar-refractivity contribution is 0.132. The van der Waals surface area contributed by atoms with Gasteiger partial charge in [0.25, 0.3) is 0 Å². The van der Waals surface area contributed by atoms with Gasteiger partial charge in [0.2, 0.25) is 0 Å². The van der Waals surface area contributed by atoms with E-state index in [1.807, 2.05) is 17.5 Å². The molecule has 114 valence electrons. The highest BCUT2D eigenvalue weighted by Gasteiger charge is 2.29. The predicted octanol–water partition coefficient (Wildman–Crippen LogP) is 3.02. The molecule has 0 bridgehead atoms. The van der Waals surface area contributed by atoms with Crippen molar-refractivity contribution in [1.82, 2.24) is 14.7 Å². The van der Waals surface area contributed by atoms with Gasteiger partial charge in [-0.05, 0) is 26.0 Å². The maximum absolute atomic E-state index is 5.44. The smallest absolute Gasteiger partial charge is 0.0558 e. The molecule has 0 saturated heterocycles. The highest BCUT2D eigenvalue weighted by atomic mass is 32.1. The fourth-order valence-electron chi connectivity index (χ4n) is 3.23. The Labute approximate surface area is 130 Å². The summed E-state index contributed by atoms with van der Waals surface area (Å²) in [5, 5.41) is 4.53. The molecule has 0 N–H and O–H groups in total. The first-order chi connectivity index (χ1) is 10.2. The van der Waals surface area contributed by atoms with Crippen molar-refractivity contribution in [2.45, 2.75) is 39.4 Å². The van der Waals surface area contributed by atoms with Crippen molar-refractivity contribution >= 4 is 11.3 Å². The first-order valence-electron chi connectivity index (χ1n) is 7.52. The molecule has 3 heterocycles. The van der Waals surface area contributed by atoms with Gasteiger partial charge >= 0.3 is 0 Å². The molecule has 0 saturated carbocycles. The summed E-state index contributed by atoms with van der Waals surface area (Å²) in [5.41, 5.74) is 2.73. The molecule has 1 aliphatic heterocycles. The van der Waals surface area contributed by atoms with Crippen molar-refractivity contribution in [3.63, 3.8) is 0 Å². The molecule has 2 aromatic rings. The van der Waals surface area contributed by atoms with Crippen LogP contribution in [-0.4, -0.2) is 34.9 Å². The summed E-state index contributed by atoms with van der Waals surface area (Å²) in [6.45, 7) is 9.07. The van der Waals surface area contributed by atoms with E-state index in [1.165, 1.54) is 21.0 Å². The molecule has 3 rings (SSSR count). The van der Waals surface area contributed by atoms with Crippen LogP contribution < -0.4 is 0 Å². The molecule has 0 unspecified atom stereocenters. The number of nitrogens with zero attached hydrogens (tertiary/aromatic N) is 3. The van der Waals surface area contributed by atoms with Crippen molar-refractivity contribution in [2.75, 3.05) is 20.3 Å². The minimum Gasteiger partial charge on any atom is -0.384 e. The Bertz CT molecular complexity index is 604. The van der Waals surface area contributed by atoms with E-state index in [-0.39, 0.29) is 0 Å². The summed E-state index contributed by atoms with van der Waals surface area (Å²) in [6, 6.07) is 4.45. The van der Waals surface area contributed by atoms with Gasteiger partial charge < -0.3 is 4.74 Å². The Hall–Kier alpha value is -1.17. The van der Waals surface area contributed by atoms with Crippen molar-refractivity contribution in [3.05, 3.63) is 39.3 Å². The lowest BCUT2D eigenvalue weighted by Crippen LogP contribution is -2.35. The summed E-state index contributed by atoms with van der Waals surface area (Å²) in [6.07, 6.45) is 2.04. The molecule has 4 nitrogen and oxygen atoms in total. The number of thiophene rings is 1. The third kappa shape index (κ3) is 3.05. The monoisotopic (exact) mass is 305 g/mol. The largest absolute Gasteiger partial charge is 0.384 e. The summed E-state index contributed by atoms with van der Waals surface area (Å²) >= 11 is 1.89. The fraction of sp³-hybridized carbons (Fsp3) is 0.562. The molecule has 0 radical (unpaired) electrons. The average Bonchev–Trinajstić information content (AvgIpc) is 3.05. The number of rotatable bonds is 5. The lowest BCUT2D eigenvalue weighted by atomic mass is 9.97. The molecule has 2 aromatic heterocycles. The first-order valence-corrected chi connectivity index (χ1v) is 8.34. The molecule has 0 fully saturated rings. The van der Waals surface area contributed by atoms with Crippen molar-refractivity contribution in [3.8, 4) is 0 Å². The normalized spacial score (nSPS) is 18.9. The zero-order valence-corrected chi connectivity index (χ0v) is 13.8. The van der Waals surface area contributed by atoms with Crippen molar-refractivity contribution in [2.24, 2.45) is 0 Å². The predicted molar refractivity (Wildman–Crippen MR) is 85.7 cm³/mol. The SMILES string of the molecule is CCn1ncc2c1[C@@H](COC)CN(Cc1ccc(C)s1)C2. The van der Waals surface area contributed by atoms with Crippen LogP contribution in [0.4, 0.5) is 0 Å². The molecule has 0 spiro atoms. The van der Waals surface area contributed by atoms with E-state index >= 15 is 0 Å². The van der Waals surface area contributed by atoms with Crippen LogP contribution in [0, 0.1) is 6.92 Å². The Balaban J connectivity index is 1.80. The standard InChI is InChI=1S/C16H23N3OS/c1-4-19-16-13(7-17-19)8-18(9-14(16)11-20-3)10-15-6-5-12(2)21-15/h5-7,14H,4,8-11H2,1-3H3/t14-/m1/s1. The topological polar surface area (TPSA) is 30.3 Å². The van der Waals surface area contributed by atoms with Gasteiger partial charge in [-0.15, -0.1) is 11.3 Å². The highest BCUT2D eigenvalue weighted by Crippen LogP contribution is 2.30. The number of aromatic nitrogens is 2. The third-order valence-corrected chi connectivity index (χ3v) is 5.05. The Morgan fingerprint density at radius 2 is 2.29 bits per heavy atom. The van der Waals surface area contributed by atoms with Gasteiger partial charge in [0.05, 0.1) is 12.8 Å². The Morgan fingerprint density at radius 1 is 1.43 bits per heavy atom. The summed E-state index contributed by atoms with van der Waals surface area (Å²) in [4.78, 5) is 5.34. The Kier molecular flexibility index (Phi) is 4.42. The minimum absolute atomic E-state index is 0.419. The second-order valence-corrected chi connectivity index (χ2v) is 7.08. The molecule has 5 heteroatoms. The van der Waals surface area contributed by atoms with E-state index in [2.05, 4.69) is 40.7 Å².